The van der Waals surface area contributed by atoms with E-state index in [1.807, 2.05) is 19.2 Å². The number of thioether (sulfide) groups is 1. The first-order valence-electron chi connectivity index (χ1n) is 11.3. The summed E-state index contributed by atoms with van der Waals surface area (Å²) < 4.78 is 15.6. The van der Waals surface area contributed by atoms with Crippen LogP contribution in [-0.4, -0.2) is 42.6 Å². The highest BCUT2D eigenvalue weighted by molar-refractivity contribution is 7.98. The van der Waals surface area contributed by atoms with Gasteiger partial charge in [-0.3, -0.25) is 10.1 Å². The second-order valence-corrected chi connectivity index (χ2v) is 8.92. The fourth-order valence-corrected chi connectivity index (χ4v) is 3.95. The van der Waals surface area contributed by atoms with E-state index in [0.717, 1.165) is 5.56 Å². The van der Waals surface area contributed by atoms with Crippen molar-refractivity contribution in [3.8, 4) is 0 Å². The van der Waals surface area contributed by atoms with Crippen LogP contribution >= 0.6 is 11.8 Å². The normalized spacial score (nSPS) is 11.5. The smallest absolute Gasteiger partial charge is 0.411 e. The Bertz CT molecular complexity index is 1300. The number of ether oxygens (including phenoxy) is 2. The van der Waals surface area contributed by atoms with Crippen LogP contribution in [0.4, 0.5) is 10.5 Å². The van der Waals surface area contributed by atoms with Gasteiger partial charge in [0.05, 0.1) is 6.61 Å². The average molecular weight is 513 g/mol. The Morgan fingerprint density at radius 3 is 2.61 bits per heavy atom. The Morgan fingerprint density at radius 1 is 1.08 bits per heavy atom. The van der Waals surface area contributed by atoms with Crippen LogP contribution in [0.5, 0.6) is 0 Å². The maximum absolute atomic E-state index is 12.9. The molecule has 1 heterocycles. The number of benzene rings is 2. The van der Waals surface area contributed by atoms with E-state index in [1.54, 1.807) is 49.0 Å². The van der Waals surface area contributed by atoms with Gasteiger partial charge in [0, 0.05) is 34.3 Å². The highest BCUT2D eigenvalue weighted by Crippen LogP contribution is 2.22. The Labute approximate surface area is 212 Å². The fourth-order valence-electron chi connectivity index (χ4n) is 3.47. The number of hydrogen-bond acceptors (Lipinski definition) is 8. The van der Waals surface area contributed by atoms with Crippen LogP contribution in [0.1, 0.15) is 34.8 Å². The molecule has 3 aromatic rings. The van der Waals surface area contributed by atoms with Crippen molar-refractivity contribution in [2.45, 2.75) is 32.9 Å². The van der Waals surface area contributed by atoms with E-state index in [4.69, 9.17) is 13.9 Å². The largest absolute Gasteiger partial charge is 0.459 e. The SMILES string of the molecule is CCOC(=O)Nc1ccc2c(COC(=O)C(CCSC)NC(=O)c3cccc(C)c3)cc(=O)oc2c1. The van der Waals surface area contributed by atoms with Gasteiger partial charge < -0.3 is 19.2 Å². The number of nitrogens with one attached hydrogen (secondary N) is 2. The fraction of sp³-hybridized carbons (Fsp3) is 0.308. The molecule has 2 amide bonds. The van der Waals surface area contributed by atoms with Gasteiger partial charge >= 0.3 is 17.7 Å². The van der Waals surface area contributed by atoms with Gasteiger partial charge in [-0.25, -0.2) is 14.4 Å². The molecule has 0 spiro atoms. The second-order valence-electron chi connectivity index (χ2n) is 7.93. The first-order chi connectivity index (χ1) is 17.3. The van der Waals surface area contributed by atoms with Crippen LogP contribution in [0.3, 0.4) is 0 Å². The standard InChI is InChI=1S/C26H28N2O7S/c1-4-33-26(32)27-19-8-9-20-18(13-23(29)35-22(20)14-19)15-34-25(31)21(10-11-36-3)28-24(30)17-7-5-6-16(2)12-17/h5-9,12-14,21H,4,10-11,15H2,1-3H3,(H,27,32)(H,28,30). The molecular formula is C26H28N2O7S. The van der Waals surface area contributed by atoms with E-state index in [0.29, 0.717) is 34.4 Å². The Balaban J connectivity index is 1.74. The minimum absolute atomic E-state index is 0.193. The first kappa shape index (κ1) is 26.8. The average Bonchev–Trinajstić information content (AvgIpc) is 2.84. The van der Waals surface area contributed by atoms with Crippen LogP contribution in [0, 0.1) is 6.92 Å². The lowest BCUT2D eigenvalue weighted by molar-refractivity contribution is -0.147. The van der Waals surface area contributed by atoms with E-state index in [9.17, 15) is 19.2 Å². The Hall–Kier alpha value is -3.79. The summed E-state index contributed by atoms with van der Waals surface area (Å²) in [5, 5.41) is 5.84. The highest BCUT2D eigenvalue weighted by Gasteiger charge is 2.23. The summed E-state index contributed by atoms with van der Waals surface area (Å²) >= 11 is 1.55. The highest BCUT2D eigenvalue weighted by atomic mass is 32.2. The maximum atomic E-state index is 12.9. The summed E-state index contributed by atoms with van der Waals surface area (Å²) in [7, 11) is 0. The van der Waals surface area contributed by atoms with Gasteiger partial charge in [0.15, 0.2) is 0 Å². The molecule has 0 fully saturated rings. The number of amides is 2. The van der Waals surface area contributed by atoms with E-state index >= 15 is 0 Å². The van der Waals surface area contributed by atoms with Crippen molar-refractivity contribution in [2.24, 2.45) is 0 Å². The molecule has 1 aromatic heterocycles. The molecule has 0 aliphatic heterocycles. The van der Waals surface area contributed by atoms with Crippen molar-refractivity contribution in [2.75, 3.05) is 23.9 Å². The molecule has 0 radical (unpaired) electrons. The van der Waals surface area contributed by atoms with Crippen molar-refractivity contribution < 1.29 is 28.3 Å². The molecule has 1 atom stereocenters. The van der Waals surface area contributed by atoms with Gasteiger partial charge in [0.1, 0.15) is 18.2 Å². The number of hydrogen-bond donors (Lipinski definition) is 2. The quantitative estimate of drug-likeness (QED) is 0.305. The molecule has 36 heavy (non-hydrogen) atoms. The molecule has 3 rings (SSSR count). The third-order valence-electron chi connectivity index (χ3n) is 5.20. The molecule has 0 bridgehead atoms. The van der Waals surface area contributed by atoms with Gasteiger partial charge in [0.25, 0.3) is 5.91 Å². The molecule has 0 aliphatic carbocycles. The lowest BCUT2D eigenvalue weighted by Crippen LogP contribution is -2.42. The van der Waals surface area contributed by atoms with E-state index in [1.165, 1.54) is 12.1 Å². The van der Waals surface area contributed by atoms with Crippen molar-refractivity contribution in [1.29, 1.82) is 0 Å². The van der Waals surface area contributed by atoms with Crippen molar-refractivity contribution in [3.05, 3.63) is 75.6 Å². The van der Waals surface area contributed by atoms with Gasteiger partial charge in [-0.05, 0) is 56.5 Å². The number of carbonyl (C=O) groups is 3. The third kappa shape index (κ3) is 7.35. The number of rotatable bonds is 10. The zero-order valence-corrected chi connectivity index (χ0v) is 21.1. The van der Waals surface area contributed by atoms with Crippen LogP contribution in [0.25, 0.3) is 11.0 Å². The summed E-state index contributed by atoms with van der Waals surface area (Å²) in [5.41, 5.74) is 1.79. The predicted molar refractivity (Wildman–Crippen MR) is 138 cm³/mol. The number of fused-ring (bicyclic) bond motifs is 1. The van der Waals surface area contributed by atoms with Crippen LogP contribution in [0.2, 0.25) is 0 Å². The topological polar surface area (TPSA) is 124 Å². The molecule has 0 saturated carbocycles. The molecule has 0 aliphatic rings. The van der Waals surface area contributed by atoms with Crippen LogP contribution in [0.15, 0.2) is 57.7 Å². The number of esters is 1. The molecule has 0 saturated heterocycles. The summed E-state index contributed by atoms with van der Waals surface area (Å²) in [6, 6.07) is 12.2. The Morgan fingerprint density at radius 2 is 1.89 bits per heavy atom. The summed E-state index contributed by atoms with van der Waals surface area (Å²) in [4.78, 5) is 49.4. The number of carbonyl (C=O) groups excluding carboxylic acids is 3. The van der Waals surface area contributed by atoms with Gasteiger partial charge in [-0.1, -0.05) is 17.7 Å². The van der Waals surface area contributed by atoms with Gasteiger partial charge in [-0.2, -0.15) is 11.8 Å². The third-order valence-corrected chi connectivity index (χ3v) is 5.85. The monoisotopic (exact) mass is 512 g/mol. The molecule has 190 valence electrons. The van der Waals surface area contributed by atoms with Gasteiger partial charge in [0.2, 0.25) is 0 Å². The maximum Gasteiger partial charge on any atom is 0.411 e. The molecule has 9 nitrogen and oxygen atoms in total. The summed E-state index contributed by atoms with van der Waals surface area (Å²) in [6.07, 6.45) is 1.66. The number of anilines is 1. The van der Waals surface area contributed by atoms with Gasteiger partial charge in [-0.15, -0.1) is 0 Å². The van der Waals surface area contributed by atoms with E-state index in [2.05, 4.69) is 10.6 Å². The minimum Gasteiger partial charge on any atom is -0.459 e. The van der Waals surface area contributed by atoms with Crippen LogP contribution in [-0.2, 0) is 20.9 Å². The zero-order chi connectivity index (χ0) is 26.1. The van der Waals surface area contributed by atoms with Crippen molar-refractivity contribution in [1.82, 2.24) is 5.32 Å². The molecular weight excluding hydrogens is 484 g/mol. The van der Waals surface area contributed by atoms with E-state index < -0.39 is 23.7 Å². The molecule has 10 heteroatoms. The predicted octanol–water partition coefficient (Wildman–Crippen LogP) is 4.26. The minimum atomic E-state index is -0.850. The van der Waals surface area contributed by atoms with Crippen molar-refractivity contribution >= 4 is 46.4 Å². The number of aryl methyl sites for hydroxylation is 1. The lowest BCUT2D eigenvalue weighted by Gasteiger charge is -2.18. The zero-order valence-electron chi connectivity index (χ0n) is 20.3. The first-order valence-corrected chi connectivity index (χ1v) is 12.7. The Kier molecular flexibility index (Phi) is 9.52. The molecule has 2 N–H and O–H groups in total. The molecule has 1 unspecified atom stereocenters. The summed E-state index contributed by atoms with van der Waals surface area (Å²) in [5.74, 6) is -0.330. The molecule has 2 aromatic carbocycles. The van der Waals surface area contributed by atoms with Crippen LogP contribution < -0.4 is 16.3 Å². The van der Waals surface area contributed by atoms with E-state index in [-0.39, 0.29) is 24.7 Å². The second kappa shape index (κ2) is 12.8. The van der Waals surface area contributed by atoms with Crippen molar-refractivity contribution in [3.63, 3.8) is 0 Å². The summed E-state index contributed by atoms with van der Waals surface area (Å²) in [6.45, 7) is 3.59. The lowest BCUT2D eigenvalue weighted by atomic mass is 10.1.